The van der Waals surface area contributed by atoms with Crippen LogP contribution in [0.5, 0.6) is 0 Å². The normalized spacial score (nSPS) is 14.8. The van der Waals surface area contributed by atoms with Crippen molar-refractivity contribution in [1.29, 1.82) is 0 Å². The molecule has 7 heteroatoms. The SMILES string of the molecule is CCCC(C)C(C(=O)O)S(=O)(=O)c1cc(Br)ccc1Br. The standard InChI is InChI=1S/C13H16Br2O4S/c1-3-4-8(2)12(13(16)17)20(18,19)11-7-9(14)5-6-10(11)15/h5-8,12H,3-4H2,1-2H3,(H,16,17). The summed E-state index contributed by atoms with van der Waals surface area (Å²) in [6.45, 7) is 3.56. The minimum atomic E-state index is -3.95. The first-order chi connectivity index (χ1) is 9.21. The quantitative estimate of drug-likeness (QED) is 0.747. The third-order valence-corrected chi connectivity index (χ3v) is 6.77. The highest BCUT2D eigenvalue weighted by Gasteiger charge is 2.39. The molecule has 2 unspecified atom stereocenters. The lowest BCUT2D eigenvalue weighted by atomic mass is 10.0. The van der Waals surface area contributed by atoms with Gasteiger partial charge in [0, 0.05) is 8.95 Å². The molecular weight excluding hydrogens is 412 g/mol. The van der Waals surface area contributed by atoms with Crippen LogP contribution in [0.3, 0.4) is 0 Å². The zero-order chi connectivity index (χ0) is 15.5. The molecule has 0 aliphatic rings. The van der Waals surface area contributed by atoms with Crippen LogP contribution < -0.4 is 0 Å². The lowest BCUT2D eigenvalue weighted by molar-refractivity contribution is -0.137. The van der Waals surface area contributed by atoms with E-state index in [2.05, 4.69) is 31.9 Å². The minimum Gasteiger partial charge on any atom is -0.480 e. The molecule has 20 heavy (non-hydrogen) atoms. The summed E-state index contributed by atoms with van der Waals surface area (Å²) in [5.74, 6) is -1.76. The summed E-state index contributed by atoms with van der Waals surface area (Å²) in [6, 6.07) is 4.70. The Balaban J connectivity index is 3.37. The molecule has 0 saturated carbocycles. The Bertz CT molecular complexity index is 598. The van der Waals surface area contributed by atoms with E-state index in [9.17, 15) is 18.3 Å². The van der Waals surface area contributed by atoms with E-state index in [1.165, 1.54) is 6.07 Å². The topological polar surface area (TPSA) is 71.4 Å². The third-order valence-electron chi connectivity index (χ3n) is 3.04. The Hall–Kier alpha value is -0.400. The van der Waals surface area contributed by atoms with Crippen LogP contribution in [0.15, 0.2) is 32.0 Å². The lowest BCUT2D eigenvalue weighted by Crippen LogP contribution is -2.36. The summed E-state index contributed by atoms with van der Waals surface area (Å²) in [6.07, 6.45) is 1.28. The largest absolute Gasteiger partial charge is 0.480 e. The highest BCUT2D eigenvalue weighted by Crippen LogP contribution is 2.31. The number of benzene rings is 1. The zero-order valence-corrected chi connectivity index (χ0v) is 15.1. The fourth-order valence-corrected chi connectivity index (χ4v) is 5.47. The molecule has 4 nitrogen and oxygen atoms in total. The minimum absolute atomic E-state index is 0.00206. The van der Waals surface area contributed by atoms with Crippen molar-refractivity contribution >= 4 is 47.7 Å². The van der Waals surface area contributed by atoms with Gasteiger partial charge in [0.2, 0.25) is 0 Å². The van der Waals surface area contributed by atoms with Crippen LogP contribution in [-0.4, -0.2) is 24.7 Å². The molecule has 0 bridgehead atoms. The molecule has 1 rings (SSSR count). The van der Waals surface area contributed by atoms with Crippen LogP contribution in [0, 0.1) is 5.92 Å². The van der Waals surface area contributed by atoms with E-state index in [-0.39, 0.29) is 4.90 Å². The van der Waals surface area contributed by atoms with Crippen molar-refractivity contribution in [3.63, 3.8) is 0 Å². The molecule has 0 amide bonds. The summed E-state index contributed by atoms with van der Waals surface area (Å²) in [5, 5.41) is 7.88. The molecule has 0 saturated heterocycles. The van der Waals surface area contributed by atoms with Crippen LogP contribution in [0.4, 0.5) is 0 Å². The number of aliphatic carboxylic acids is 1. The maximum atomic E-state index is 12.6. The second-order valence-corrected chi connectivity index (χ2v) is 8.45. The van der Waals surface area contributed by atoms with E-state index < -0.39 is 27.0 Å². The number of carbonyl (C=O) groups is 1. The van der Waals surface area contributed by atoms with Crippen LogP contribution in [0.2, 0.25) is 0 Å². The summed E-state index contributed by atoms with van der Waals surface area (Å²) < 4.78 is 26.2. The highest BCUT2D eigenvalue weighted by molar-refractivity contribution is 9.11. The van der Waals surface area contributed by atoms with Gasteiger partial charge in [-0.2, -0.15) is 0 Å². The Kier molecular flexibility index (Phi) is 6.22. The number of halogens is 2. The maximum absolute atomic E-state index is 12.6. The number of hydrogen-bond donors (Lipinski definition) is 1. The highest BCUT2D eigenvalue weighted by atomic mass is 79.9. The Morgan fingerprint density at radius 2 is 1.95 bits per heavy atom. The van der Waals surface area contributed by atoms with Gasteiger partial charge in [-0.05, 0) is 46.5 Å². The van der Waals surface area contributed by atoms with Gasteiger partial charge >= 0.3 is 5.97 Å². The molecule has 0 heterocycles. The van der Waals surface area contributed by atoms with Crippen LogP contribution in [0.25, 0.3) is 0 Å². The molecule has 0 spiro atoms. The summed E-state index contributed by atoms with van der Waals surface area (Å²) >= 11 is 6.39. The summed E-state index contributed by atoms with van der Waals surface area (Å²) in [7, 11) is -3.95. The molecule has 1 aromatic carbocycles. The average Bonchev–Trinajstić information content (AvgIpc) is 2.31. The fraction of sp³-hybridized carbons (Fsp3) is 0.462. The van der Waals surface area contributed by atoms with Gasteiger partial charge in [-0.25, -0.2) is 8.42 Å². The molecule has 2 atom stereocenters. The summed E-state index contributed by atoms with van der Waals surface area (Å²) in [4.78, 5) is 11.4. The number of carboxylic acid groups (broad SMARTS) is 1. The fourth-order valence-electron chi connectivity index (χ4n) is 2.12. The zero-order valence-electron chi connectivity index (χ0n) is 11.1. The van der Waals surface area contributed by atoms with E-state index in [0.717, 1.165) is 6.42 Å². The number of sulfone groups is 1. The second kappa shape index (κ2) is 7.04. The molecule has 1 N–H and O–H groups in total. The first-order valence-corrected chi connectivity index (χ1v) is 9.26. The van der Waals surface area contributed by atoms with Gasteiger partial charge in [-0.1, -0.05) is 36.2 Å². The first kappa shape index (κ1) is 17.7. The number of hydrogen-bond acceptors (Lipinski definition) is 3. The smallest absolute Gasteiger partial charge is 0.322 e. The third kappa shape index (κ3) is 3.83. The van der Waals surface area contributed by atoms with Crippen molar-refractivity contribution in [1.82, 2.24) is 0 Å². The van der Waals surface area contributed by atoms with Gasteiger partial charge in [0.05, 0.1) is 4.90 Å². The van der Waals surface area contributed by atoms with Gasteiger partial charge in [-0.15, -0.1) is 0 Å². The van der Waals surface area contributed by atoms with E-state index in [1.807, 2.05) is 6.92 Å². The van der Waals surface area contributed by atoms with Gasteiger partial charge in [-0.3, -0.25) is 4.79 Å². The summed E-state index contributed by atoms with van der Waals surface area (Å²) in [5.41, 5.74) is 0. The predicted molar refractivity (Wildman–Crippen MR) is 84.5 cm³/mol. The van der Waals surface area contributed by atoms with Crippen molar-refractivity contribution in [2.24, 2.45) is 5.92 Å². The number of rotatable bonds is 6. The number of carboxylic acids is 1. The molecule has 0 fully saturated rings. The molecule has 0 aromatic heterocycles. The monoisotopic (exact) mass is 426 g/mol. The van der Waals surface area contributed by atoms with Gasteiger partial charge in [0.1, 0.15) is 0 Å². The van der Waals surface area contributed by atoms with Crippen molar-refractivity contribution < 1.29 is 18.3 Å². The molecule has 0 radical (unpaired) electrons. The van der Waals surface area contributed by atoms with E-state index in [1.54, 1.807) is 19.1 Å². The molecule has 1 aromatic rings. The van der Waals surface area contributed by atoms with Crippen LogP contribution >= 0.6 is 31.9 Å². The predicted octanol–water partition coefficient (Wildman–Crippen LogP) is 3.87. The molecule has 0 aliphatic heterocycles. The Labute approximate surface area is 135 Å². The second-order valence-electron chi connectivity index (χ2n) is 4.64. The van der Waals surface area contributed by atoms with Crippen LogP contribution in [0.1, 0.15) is 26.7 Å². The molecule has 112 valence electrons. The van der Waals surface area contributed by atoms with Gasteiger partial charge in [0.15, 0.2) is 15.1 Å². The van der Waals surface area contributed by atoms with Gasteiger partial charge < -0.3 is 5.11 Å². The van der Waals surface area contributed by atoms with E-state index in [4.69, 9.17) is 0 Å². The van der Waals surface area contributed by atoms with Crippen molar-refractivity contribution in [3.8, 4) is 0 Å². The average molecular weight is 428 g/mol. The van der Waals surface area contributed by atoms with Crippen molar-refractivity contribution in [2.75, 3.05) is 0 Å². The van der Waals surface area contributed by atoms with Crippen molar-refractivity contribution in [3.05, 3.63) is 27.1 Å². The van der Waals surface area contributed by atoms with Crippen molar-refractivity contribution in [2.45, 2.75) is 36.8 Å². The van der Waals surface area contributed by atoms with E-state index >= 15 is 0 Å². The lowest BCUT2D eigenvalue weighted by Gasteiger charge is -2.20. The Morgan fingerprint density at radius 1 is 1.35 bits per heavy atom. The van der Waals surface area contributed by atoms with Crippen LogP contribution in [-0.2, 0) is 14.6 Å². The first-order valence-electron chi connectivity index (χ1n) is 6.13. The molecule has 0 aliphatic carbocycles. The van der Waals surface area contributed by atoms with Gasteiger partial charge in [0.25, 0.3) is 0 Å². The van der Waals surface area contributed by atoms with E-state index in [0.29, 0.717) is 15.4 Å². The Morgan fingerprint density at radius 3 is 2.45 bits per heavy atom. The maximum Gasteiger partial charge on any atom is 0.322 e. The molecular formula is C13H16Br2O4S.